The van der Waals surface area contributed by atoms with Crippen LogP contribution in [-0.4, -0.2) is 71.8 Å². The molecule has 0 saturated heterocycles. The molecule has 10 heteroatoms. The highest BCUT2D eigenvalue weighted by Crippen LogP contribution is 2.32. The number of amides is 2. The van der Waals surface area contributed by atoms with Gasteiger partial charge in [0.2, 0.25) is 21.8 Å². The Morgan fingerprint density at radius 1 is 1.03 bits per heavy atom. The topological polar surface area (TPSA) is 105 Å². The van der Waals surface area contributed by atoms with Gasteiger partial charge in [0.05, 0.1) is 26.2 Å². The molecule has 0 spiro atoms. The van der Waals surface area contributed by atoms with Gasteiger partial charge in [-0.1, -0.05) is 37.3 Å². The normalized spacial score (nSPS) is 11.9. The Kier molecular flexibility index (Phi) is 9.73. The molecule has 2 amide bonds. The molecule has 0 heterocycles. The first kappa shape index (κ1) is 27.0. The Morgan fingerprint density at radius 2 is 1.68 bits per heavy atom. The number of nitrogens with one attached hydrogen (secondary N) is 1. The molecular formula is C24H33N3O6S. The minimum absolute atomic E-state index is 0.254. The molecule has 34 heavy (non-hydrogen) atoms. The van der Waals surface area contributed by atoms with E-state index in [4.69, 9.17) is 9.47 Å². The van der Waals surface area contributed by atoms with Crippen molar-refractivity contribution in [3.8, 4) is 11.5 Å². The van der Waals surface area contributed by atoms with Crippen molar-refractivity contribution in [2.24, 2.45) is 0 Å². The predicted molar refractivity (Wildman–Crippen MR) is 132 cm³/mol. The van der Waals surface area contributed by atoms with Crippen LogP contribution in [0, 0.1) is 0 Å². The molecule has 0 unspecified atom stereocenters. The van der Waals surface area contributed by atoms with E-state index >= 15 is 0 Å². The van der Waals surface area contributed by atoms with E-state index in [1.807, 2.05) is 37.3 Å². The Morgan fingerprint density at radius 3 is 2.21 bits per heavy atom. The van der Waals surface area contributed by atoms with Gasteiger partial charge in [0.15, 0.2) is 11.5 Å². The first-order valence-electron chi connectivity index (χ1n) is 10.9. The molecular weight excluding hydrogens is 458 g/mol. The smallest absolute Gasteiger partial charge is 0.244 e. The van der Waals surface area contributed by atoms with Crippen molar-refractivity contribution in [3.63, 3.8) is 0 Å². The number of hydrogen-bond donors (Lipinski definition) is 1. The van der Waals surface area contributed by atoms with Crippen molar-refractivity contribution in [2.45, 2.75) is 25.8 Å². The van der Waals surface area contributed by atoms with Crippen molar-refractivity contribution in [1.82, 2.24) is 10.2 Å². The van der Waals surface area contributed by atoms with E-state index in [2.05, 4.69) is 5.32 Å². The van der Waals surface area contributed by atoms with Crippen LogP contribution >= 0.6 is 0 Å². The van der Waals surface area contributed by atoms with Gasteiger partial charge < -0.3 is 19.7 Å². The van der Waals surface area contributed by atoms with Gasteiger partial charge >= 0.3 is 0 Å². The van der Waals surface area contributed by atoms with Gasteiger partial charge in [0.1, 0.15) is 12.6 Å². The Labute approximate surface area is 201 Å². The number of anilines is 1. The van der Waals surface area contributed by atoms with Crippen LogP contribution in [0.5, 0.6) is 11.5 Å². The standard InChI is InChI=1S/C24H33N3O6S/c1-6-20(24(29)25-2)26(15-14-18-10-8-7-9-11-18)23(28)17-27(34(5,30)31)19-12-13-21(32-3)22(16-19)33-4/h7-13,16,20H,6,14-15,17H2,1-5H3,(H,25,29)/t20-/m0/s1. The van der Waals surface area contributed by atoms with Gasteiger partial charge in [-0.15, -0.1) is 0 Å². The molecule has 2 rings (SSSR count). The largest absolute Gasteiger partial charge is 0.493 e. The third-order valence-corrected chi connectivity index (χ3v) is 6.59. The second-order valence-electron chi connectivity index (χ2n) is 7.67. The second kappa shape index (κ2) is 12.3. The Hall–Kier alpha value is -3.27. The molecule has 9 nitrogen and oxygen atoms in total. The van der Waals surface area contributed by atoms with Crippen LogP contribution in [0.3, 0.4) is 0 Å². The summed E-state index contributed by atoms with van der Waals surface area (Å²) in [4.78, 5) is 27.5. The molecule has 0 aliphatic heterocycles. The van der Waals surface area contributed by atoms with Crippen molar-refractivity contribution < 1.29 is 27.5 Å². The van der Waals surface area contributed by atoms with E-state index < -0.39 is 28.5 Å². The van der Waals surface area contributed by atoms with E-state index in [9.17, 15) is 18.0 Å². The van der Waals surface area contributed by atoms with Crippen LogP contribution in [-0.2, 0) is 26.0 Å². The highest BCUT2D eigenvalue weighted by atomic mass is 32.2. The molecule has 2 aromatic carbocycles. The maximum atomic E-state index is 13.5. The lowest BCUT2D eigenvalue weighted by Crippen LogP contribution is -2.52. The average molecular weight is 492 g/mol. The number of ether oxygens (including phenoxy) is 2. The zero-order valence-electron chi connectivity index (χ0n) is 20.3. The lowest BCUT2D eigenvalue weighted by Gasteiger charge is -2.32. The number of nitrogens with zero attached hydrogens (tertiary/aromatic N) is 2. The highest BCUT2D eigenvalue weighted by molar-refractivity contribution is 7.92. The van der Waals surface area contributed by atoms with Gasteiger partial charge in [-0.3, -0.25) is 13.9 Å². The number of rotatable bonds is 12. The molecule has 1 N–H and O–H groups in total. The maximum Gasteiger partial charge on any atom is 0.244 e. The zero-order valence-corrected chi connectivity index (χ0v) is 21.1. The predicted octanol–water partition coefficient (Wildman–Crippen LogP) is 2.07. The van der Waals surface area contributed by atoms with E-state index in [1.165, 1.54) is 32.2 Å². The van der Waals surface area contributed by atoms with Crippen molar-refractivity contribution in [2.75, 3.05) is 44.9 Å². The summed E-state index contributed by atoms with van der Waals surface area (Å²) in [6, 6.07) is 13.5. The maximum absolute atomic E-state index is 13.5. The summed E-state index contributed by atoms with van der Waals surface area (Å²) in [5, 5.41) is 2.60. The molecule has 0 radical (unpaired) electrons. The fraction of sp³-hybridized carbons (Fsp3) is 0.417. The summed E-state index contributed by atoms with van der Waals surface area (Å²) in [7, 11) is 0.602. The second-order valence-corrected chi connectivity index (χ2v) is 9.58. The lowest BCUT2D eigenvalue weighted by molar-refractivity contribution is -0.139. The lowest BCUT2D eigenvalue weighted by atomic mass is 10.1. The fourth-order valence-corrected chi connectivity index (χ4v) is 4.50. The number of carbonyl (C=O) groups excluding carboxylic acids is 2. The molecule has 186 valence electrons. The van der Waals surface area contributed by atoms with E-state index in [1.54, 1.807) is 12.1 Å². The van der Waals surface area contributed by atoms with Gasteiger partial charge in [-0.25, -0.2) is 8.42 Å². The van der Waals surface area contributed by atoms with Crippen LogP contribution in [0.15, 0.2) is 48.5 Å². The Balaban J connectivity index is 2.39. The number of benzene rings is 2. The zero-order chi connectivity index (χ0) is 25.3. The molecule has 0 saturated carbocycles. The number of likely N-dealkylation sites (N-methyl/N-ethyl adjacent to an activating group) is 1. The van der Waals surface area contributed by atoms with Gasteiger partial charge in [-0.2, -0.15) is 0 Å². The number of hydrogen-bond acceptors (Lipinski definition) is 6. The van der Waals surface area contributed by atoms with E-state index in [0.29, 0.717) is 24.3 Å². The van der Waals surface area contributed by atoms with Gasteiger partial charge in [-0.05, 0) is 30.5 Å². The van der Waals surface area contributed by atoms with Crippen LogP contribution in [0.2, 0.25) is 0 Å². The SMILES string of the molecule is CC[C@@H](C(=O)NC)N(CCc1ccccc1)C(=O)CN(c1ccc(OC)c(OC)c1)S(C)(=O)=O. The summed E-state index contributed by atoms with van der Waals surface area (Å²) >= 11 is 0. The van der Waals surface area contributed by atoms with Crippen LogP contribution < -0.4 is 19.1 Å². The molecule has 1 atom stereocenters. The molecule has 2 aromatic rings. The number of methoxy groups -OCH3 is 2. The third kappa shape index (κ3) is 6.86. The van der Waals surface area contributed by atoms with Crippen molar-refractivity contribution in [1.29, 1.82) is 0 Å². The van der Waals surface area contributed by atoms with E-state index in [0.717, 1.165) is 16.1 Å². The average Bonchev–Trinajstić information content (AvgIpc) is 2.83. The van der Waals surface area contributed by atoms with E-state index in [-0.39, 0.29) is 18.1 Å². The van der Waals surface area contributed by atoms with Gasteiger partial charge in [0.25, 0.3) is 0 Å². The molecule has 0 aliphatic carbocycles. The summed E-state index contributed by atoms with van der Waals surface area (Å²) in [6.07, 6.45) is 1.94. The monoisotopic (exact) mass is 491 g/mol. The quantitative estimate of drug-likeness (QED) is 0.487. The molecule has 0 aliphatic rings. The first-order valence-corrected chi connectivity index (χ1v) is 12.8. The summed E-state index contributed by atoms with van der Waals surface area (Å²) < 4.78 is 36.8. The molecule has 0 aromatic heterocycles. The highest BCUT2D eigenvalue weighted by Gasteiger charge is 2.31. The van der Waals surface area contributed by atoms with Crippen LogP contribution in [0.1, 0.15) is 18.9 Å². The van der Waals surface area contributed by atoms with Crippen molar-refractivity contribution >= 4 is 27.5 Å². The third-order valence-electron chi connectivity index (χ3n) is 5.45. The molecule has 0 bridgehead atoms. The molecule has 0 fully saturated rings. The fourth-order valence-electron chi connectivity index (χ4n) is 3.66. The summed E-state index contributed by atoms with van der Waals surface area (Å²) in [6.45, 7) is 1.61. The number of carbonyl (C=O) groups is 2. The minimum Gasteiger partial charge on any atom is -0.493 e. The summed E-state index contributed by atoms with van der Waals surface area (Å²) in [5.74, 6) is -0.0208. The van der Waals surface area contributed by atoms with Crippen LogP contribution in [0.4, 0.5) is 5.69 Å². The minimum atomic E-state index is -3.83. The first-order chi connectivity index (χ1) is 16.2. The van der Waals surface area contributed by atoms with Gasteiger partial charge in [0, 0.05) is 19.7 Å². The summed E-state index contributed by atoms with van der Waals surface area (Å²) in [5.41, 5.74) is 1.26. The van der Waals surface area contributed by atoms with Crippen molar-refractivity contribution in [3.05, 3.63) is 54.1 Å². The Bertz CT molecular complexity index is 1080. The number of sulfonamides is 1. The van der Waals surface area contributed by atoms with Crippen LogP contribution in [0.25, 0.3) is 0 Å².